The average molecular weight is 206 g/mol. The van der Waals surface area contributed by atoms with E-state index in [1.807, 2.05) is 11.6 Å². The van der Waals surface area contributed by atoms with Crippen molar-refractivity contribution >= 4 is 0 Å². The second-order valence-corrected chi connectivity index (χ2v) is 4.49. The van der Waals surface area contributed by atoms with Crippen molar-refractivity contribution in [1.29, 1.82) is 0 Å². The molecule has 0 spiro atoms. The molecule has 0 fully saturated rings. The topological polar surface area (TPSA) is 56.7 Å². The highest BCUT2D eigenvalue weighted by molar-refractivity contribution is 5.40. The van der Waals surface area contributed by atoms with Crippen LogP contribution in [0.15, 0.2) is 16.9 Å². The van der Waals surface area contributed by atoms with Crippen LogP contribution < -0.4 is 0 Å². The molecule has 0 N–H and O–H groups in total. The zero-order chi connectivity index (χ0) is 11.1. The first-order chi connectivity index (χ1) is 7.00. The van der Waals surface area contributed by atoms with Crippen LogP contribution >= 0.6 is 0 Å². The summed E-state index contributed by atoms with van der Waals surface area (Å²) in [6.45, 7) is 6.28. The minimum atomic E-state index is -0.0351. The standard InChI is InChI=1S/C10H14N4O/c1-10(2,3)9-13-12-7(14(9)4)8-11-5-6-15-8/h5-6H,1-4H3. The summed E-state index contributed by atoms with van der Waals surface area (Å²) < 4.78 is 7.10. The number of hydrogen-bond donors (Lipinski definition) is 0. The van der Waals surface area contributed by atoms with Gasteiger partial charge in [-0.15, -0.1) is 10.2 Å². The van der Waals surface area contributed by atoms with Crippen molar-refractivity contribution in [3.8, 4) is 11.7 Å². The summed E-state index contributed by atoms with van der Waals surface area (Å²) in [5.41, 5.74) is -0.0351. The van der Waals surface area contributed by atoms with E-state index in [9.17, 15) is 0 Å². The Labute approximate surface area is 88.2 Å². The van der Waals surface area contributed by atoms with Crippen molar-refractivity contribution < 1.29 is 4.42 Å². The maximum Gasteiger partial charge on any atom is 0.264 e. The monoisotopic (exact) mass is 206 g/mol. The zero-order valence-corrected chi connectivity index (χ0v) is 9.35. The highest BCUT2D eigenvalue weighted by Gasteiger charge is 2.23. The number of rotatable bonds is 1. The van der Waals surface area contributed by atoms with E-state index in [-0.39, 0.29) is 5.41 Å². The molecule has 2 aromatic rings. The lowest BCUT2D eigenvalue weighted by Crippen LogP contribution is -2.17. The van der Waals surface area contributed by atoms with E-state index in [1.54, 1.807) is 6.20 Å². The molecule has 0 radical (unpaired) electrons. The van der Waals surface area contributed by atoms with Gasteiger partial charge in [-0.05, 0) is 0 Å². The van der Waals surface area contributed by atoms with Gasteiger partial charge in [0.25, 0.3) is 5.89 Å². The smallest absolute Gasteiger partial charge is 0.264 e. The van der Waals surface area contributed by atoms with Crippen LogP contribution in [0, 0.1) is 0 Å². The number of oxazole rings is 1. The SMILES string of the molecule is Cn1c(-c2ncco2)nnc1C(C)(C)C. The fourth-order valence-corrected chi connectivity index (χ4v) is 1.50. The summed E-state index contributed by atoms with van der Waals surface area (Å²) >= 11 is 0. The first-order valence-corrected chi connectivity index (χ1v) is 4.80. The van der Waals surface area contributed by atoms with Gasteiger partial charge < -0.3 is 8.98 Å². The van der Waals surface area contributed by atoms with Crippen molar-refractivity contribution in [2.24, 2.45) is 7.05 Å². The first-order valence-electron chi connectivity index (χ1n) is 4.80. The molecule has 2 aromatic heterocycles. The molecule has 0 aliphatic heterocycles. The van der Waals surface area contributed by atoms with Gasteiger partial charge in [-0.2, -0.15) is 0 Å². The van der Waals surface area contributed by atoms with Gasteiger partial charge in [0.2, 0.25) is 5.82 Å². The molecule has 0 aliphatic rings. The van der Waals surface area contributed by atoms with Crippen LogP contribution in [0.2, 0.25) is 0 Å². The van der Waals surface area contributed by atoms with E-state index in [2.05, 4.69) is 36.0 Å². The fraction of sp³-hybridized carbons (Fsp3) is 0.500. The van der Waals surface area contributed by atoms with Crippen LogP contribution in [0.4, 0.5) is 0 Å². The molecule has 0 unspecified atom stereocenters. The van der Waals surface area contributed by atoms with Crippen LogP contribution in [0.5, 0.6) is 0 Å². The van der Waals surface area contributed by atoms with Gasteiger partial charge in [0.05, 0.1) is 6.20 Å². The van der Waals surface area contributed by atoms with Gasteiger partial charge in [-0.1, -0.05) is 20.8 Å². The molecule has 0 aliphatic carbocycles. The largest absolute Gasteiger partial charge is 0.442 e. The third-order valence-corrected chi connectivity index (χ3v) is 2.17. The molecule has 0 amide bonds. The predicted octanol–water partition coefficient (Wildman–Crippen LogP) is 1.77. The highest BCUT2D eigenvalue weighted by atomic mass is 16.3. The molecule has 2 rings (SSSR count). The maximum atomic E-state index is 5.19. The first kappa shape index (κ1) is 9.89. The molecule has 0 saturated carbocycles. The average Bonchev–Trinajstić information content (AvgIpc) is 2.69. The van der Waals surface area contributed by atoms with Crippen molar-refractivity contribution in [3.05, 3.63) is 18.3 Å². The Morgan fingerprint density at radius 3 is 2.47 bits per heavy atom. The van der Waals surface area contributed by atoms with E-state index >= 15 is 0 Å². The second kappa shape index (κ2) is 3.18. The zero-order valence-electron chi connectivity index (χ0n) is 9.35. The molecule has 15 heavy (non-hydrogen) atoms. The highest BCUT2D eigenvalue weighted by Crippen LogP contribution is 2.23. The summed E-state index contributed by atoms with van der Waals surface area (Å²) in [5, 5.41) is 8.24. The third-order valence-electron chi connectivity index (χ3n) is 2.17. The summed E-state index contributed by atoms with van der Waals surface area (Å²) in [6, 6.07) is 0. The number of nitrogens with zero attached hydrogens (tertiary/aromatic N) is 4. The normalized spacial score (nSPS) is 12.0. The van der Waals surface area contributed by atoms with Crippen LogP contribution in [0.1, 0.15) is 26.6 Å². The van der Waals surface area contributed by atoms with Crippen LogP contribution in [-0.4, -0.2) is 19.7 Å². The van der Waals surface area contributed by atoms with Crippen LogP contribution in [0.25, 0.3) is 11.7 Å². The summed E-state index contributed by atoms with van der Waals surface area (Å²) in [4.78, 5) is 4.05. The Morgan fingerprint density at radius 1 is 1.27 bits per heavy atom. The summed E-state index contributed by atoms with van der Waals surface area (Å²) in [7, 11) is 1.92. The molecule has 5 heteroatoms. The van der Waals surface area contributed by atoms with E-state index in [0.717, 1.165) is 5.82 Å². The molecular weight excluding hydrogens is 192 g/mol. The Balaban J connectivity index is 2.50. The van der Waals surface area contributed by atoms with Gasteiger partial charge in [0, 0.05) is 12.5 Å². The lowest BCUT2D eigenvalue weighted by atomic mass is 9.96. The minimum Gasteiger partial charge on any atom is -0.442 e. The summed E-state index contributed by atoms with van der Waals surface area (Å²) in [6.07, 6.45) is 3.13. The molecule has 2 heterocycles. The van der Waals surface area contributed by atoms with Crippen LogP contribution in [0.3, 0.4) is 0 Å². The van der Waals surface area contributed by atoms with Crippen molar-refractivity contribution in [3.63, 3.8) is 0 Å². The van der Waals surface area contributed by atoms with Crippen molar-refractivity contribution in [2.75, 3.05) is 0 Å². The minimum absolute atomic E-state index is 0.0351. The Hall–Kier alpha value is -1.65. The lowest BCUT2D eigenvalue weighted by Gasteiger charge is -2.16. The van der Waals surface area contributed by atoms with Gasteiger partial charge in [-0.3, -0.25) is 0 Å². The van der Waals surface area contributed by atoms with Crippen molar-refractivity contribution in [1.82, 2.24) is 19.7 Å². The van der Waals surface area contributed by atoms with E-state index in [1.165, 1.54) is 6.26 Å². The Kier molecular flexibility index (Phi) is 2.10. The fourth-order valence-electron chi connectivity index (χ4n) is 1.50. The molecule has 0 aromatic carbocycles. The van der Waals surface area contributed by atoms with E-state index in [0.29, 0.717) is 11.7 Å². The van der Waals surface area contributed by atoms with E-state index < -0.39 is 0 Å². The Bertz CT molecular complexity index is 450. The van der Waals surface area contributed by atoms with Gasteiger partial charge in [0.15, 0.2) is 0 Å². The number of aromatic nitrogens is 4. The summed E-state index contributed by atoms with van der Waals surface area (Å²) in [5.74, 6) is 2.07. The molecule has 0 bridgehead atoms. The predicted molar refractivity (Wildman–Crippen MR) is 55.2 cm³/mol. The lowest BCUT2D eigenvalue weighted by molar-refractivity contribution is 0.517. The third kappa shape index (κ3) is 1.65. The molecule has 0 saturated heterocycles. The number of hydrogen-bond acceptors (Lipinski definition) is 4. The van der Waals surface area contributed by atoms with Gasteiger partial charge in [0.1, 0.15) is 12.1 Å². The van der Waals surface area contributed by atoms with E-state index in [4.69, 9.17) is 4.42 Å². The quantitative estimate of drug-likeness (QED) is 0.713. The molecule has 5 nitrogen and oxygen atoms in total. The van der Waals surface area contributed by atoms with Gasteiger partial charge in [-0.25, -0.2) is 4.98 Å². The molecule has 80 valence electrons. The van der Waals surface area contributed by atoms with Crippen molar-refractivity contribution in [2.45, 2.75) is 26.2 Å². The second-order valence-electron chi connectivity index (χ2n) is 4.49. The maximum absolute atomic E-state index is 5.19. The Morgan fingerprint density at radius 2 is 2.00 bits per heavy atom. The molecular formula is C10H14N4O. The van der Waals surface area contributed by atoms with Crippen LogP contribution in [-0.2, 0) is 12.5 Å². The van der Waals surface area contributed by atoms with Gasteiger partial charge >= 0.3 is 0 Å². The molecule has 0 atom stereocenters.